The zero-order chi connectivity index (χ0) is 15.1. The van der Waals surface area contributed by atoms with Gasteiger partial charge in [-0.25, -0.2) is 4.98 Å². The highest BCUT2D eigenvalue weighted by atomic mass is 16.5. The molecule has 1 N–H and O–H groups in total. The van der Waals surface area contributed by atoms with E-state index in [2.05, 4.69) is 21.3 Å². The molecule has 22 heavy (non-hydrogen) atoms. The molecule has 114 valence electrons. The van der Waals surface area contributed by atoms with E-state index < -0.39 is 0 Å². The lowest BCUT2D eigenvalue weighted by atomic mass is 9.99. The molecule has 0 radical (unpaired) electrons. The summed E-state index contributed by atoms with van der Waals surface area (Å²) in [6.45, 7) is 1.51. The number of hydrogen-bond donors (Lipinski definition) is 1. The lowest BCUT2D eigenvalue weighted by Crippen LogP contribution is -2.54. The molecule has 0 bridgehead atoms. The molecule has 0 atom stereocenters. The van der Waals surface area contributed by atoms with Crippen molar-refractivity contribution in [3.05, 3.63) is 30.3 Å². The number of anilines is 1. The summed E-state index contributed by atoms with van der Waals surface area (Å²) in [7, 11) is 1.66. The Kier molecular flexibility index (Phi) is 3.13. The number of nitrogens with one attached hydrogen (secondary N) is 1. The van der Waals surface area contributed by atoms with Crippen LogP contribution in [0.3, 0.4) is 0 Å². The Labute approximate surface area is 129 Å². The standard InChI is InChI=1S/C17H19N3O2/c1-22-14-5-6-15-11(8-14)2-7-16(19-15)20-9-12(10-20)17(21)18-13-3-4-13/h2,5-8,12-13H,3-4,9-10H2,1H3,(H,18,21). The largest absolute Gasteiger partial charge is 0.497 e. The average molecular weight is 297 g/mol. The molecule has 0 spiro atoms. The third-order valence-electron chi connectivity index (χ3n) is 4.38. The van der Waals surface area contributed by atoms with E-state index in [-0.39, 0.29) is 11.8 Å². The summed E-state index contributed by atoms with van der Waals surface area (Å²) < 4.78 is 5.23. The van der Waals surface area contributed by atoms with Crippen LogP contribution in [0.1, 0.15) is 12.8 Å². The van der Waals surface area contributed by atoms with Gasteiger partial charge in [-0.3, -0.25) is 4.79 Å². The van der Waals surface area contributed by atoms with Crippen LogP contribution in [-0.2, 0) is 4.79 Å². The number of aromatic nitrogens is 1. The van der Waals surface area contributed by atoms with Crippen LogP contribution in [-0.4, -0.2) is 37.1 Å². The first-order chi connectivity index (χ1) is 10.7. The Balaban J connectivity index is 1.45. The van der Waals surface area contributed by atoms with E-state index in [1.807, 2.05) is 24.3 Å². The molecule has 1 saturated heterocycles. The molecular formula is C17H19N3O2. The molecule has 2 aliphatic rings. The second-order valence-electron chi connectivity index (χ2n) is 6.11. The minimum Gasteiger partial charge on any atom is -0.497 e. The molecule has 5 heteroatoms. The lowest BCUT2D eigenvalue weighted by molar-refractivity contribution is -0.125. The topological polar surface area (TPSA) is 54.5 Å². The highest BCUT2D eigenvalue weighted by Gasteiger charge is 2.35. The number of nitrogens with zero attached hydrogens (tertiary/aromatic N) is 2. The van der Waals surface area contributed by atoms with Crippen LogP contribution in [0, 0.1) is 5.92 Å². The molecule has 4 rings (SSSR count). The highest BCUT2D eigenvalue weighted by Crippen LogP contribution is 2.28. The van der Waals surface area contributed by atoms with Gasteiger partial charge in [-0.2, -0.15) is 0 Å². The molecule has 1 aliphatic heterocycles. The number of fused-ring (bicyclic) bond motifs is 1. The summed E-state index contributed by atoms with van der Waals surface area (Å²) in [6.07, 6.45) is 2.27. The molecule has 0 unspecified atom stereocenters. The second-order valence-corrected chi connectivity index (χ2v) is 6.11. The SMILES string of the molecule is COc1ccc2nc(N3CC(C(=O)NC4CC4)C3)ccc2c1. The number of ether oxygens (including phenoxy) is 1. The number of amides is 1. The number of pyridine rings is 1. The summed E-state index contributed by atoms with van der Waals surface area (Å²) in [5.74, 6) is 2.08. The molecule has 1 saturated carbocycles. The molecule has 2 heterocycles. The number of hydrogen-bond acceptors (Lipinski definition) is 4. The summed E-state index contributed by atoms with van der Waals surface area (Å²) in [6, 6.07) is 10.4. The molecular weight excluding hydrogens is 278 g/mol. The second kappa shape index (κ2) is 5.16. The van der Waals surface area contributed by atoms with Gasteiger partial charge in [0.15, 0.2) is 0 Å². The Bertz CT molecular complexity index is 721. The van der Waals surface area contributed by atoms with Crippen molar-refractivity contribution in [3.63, 3.8) is 0 Å². The maximum absolute atomic E-state index is 12.0. The molecule has 1 aromatic heterocycles. The van der Waals surface area contributed by atoms with Crippen molar-refractivity contribution in [1.29, 1.82) is 0 Å². The van der Waals surface area contributed by atoms with E-state index in [9.17, 15) is 4.79 Å². The van der Waals surface area contributed by atoms with Crippen LogP contribution in [0.4, 0.5) is 5.82 Å². The summed E-state index contributed by atoms with van der Waals surface area (Å²) in [5, 5.41) is 4.13. The number of carbonyl (C=O) groups excluding carboxylic acids is 1. The van der Waals surface area contributed by atoms with Crippen LogP contribution < -0.4 is 15.0 Å². The van der Waals surface area contributed by atoms with Crippen molar-refractivity contribution in [1.82, 2.24) is 10.3 Å². The van der Waals surface area contributed by atoms with Crippen molar-refractivity contribution in [2.24, 2.45) is 5.92 Å². The first-order valence-corrected chi connectivity index (χ1v) is 7.73. The van der Waals surface area contributed by atoms with Gasteiger partial charge in [0.25, 0.3) is 0 Å². The van der Waals surface area contributed by atoms with Crippen LogP contribution in [0.15, 0.2) is 30.3 Å². The van der Waals surface area contributed by atoms with Gasteiger partial charge in [0.05, 0.1) is 18.5 Å². The number of carbonyl (C=O) groups is 1. The number of methoxy groups -OCH3 is 1. The first-order valence-electron chi connectivity index (χ1n) is 7.73. The zero-order valence-electron chi connectivity index (χ0n) is 12.6. The lowest BCUT2D eigenvalue weighted by Gasteiger charge is -2.39. The zero-order valence-corrected chi connectivity index (χ0v) is 12.6. The van der Waals surface area contributed by atoms with Crippen LogP contribution in [0.5, 0.6) is 5.75 Å². The highest BCUT2D eigenvalue weighted by molar-refractivity contribution is 5.84. The average Bonchev–Trinajstić information content (AvgIpc) is 3.29. The van der Waals surface area contributed by atoms with Gasteiger partial charge in [-0.15, -0.1) is 0 Å². The van der Waals surface area contributed by atoms with E-state index in [1.165, 1.54) is 0 Å². The Hall–Kier alpha value is -2.30. The Morgan fingerprint density at radius 1 is 1.27 bits per heavy atom. The van der Waals surface area contributed by atoms with Crippen LogP contribution in [0.2, 0.25) is 0 Å². The molecule has 2 fully saturated rings. The maximum Gasteiger partial charge on any atom is 0.226 e. The summed E-state index contributed by atoms with van der Waals surface area (Å²) in [4.78, 5) is 18.8. The minimum absolute atomic E-state index is 0.106. The van der Waals surface area contributed by atoms with Crippen molar-refractivity contribution < 1.29 is 9.53 Å². The van der Waals surface area contributed by atoms with E-state index >= 15 is 0 Å². The van der Waals surface area contributed by atoms with Crippen LogP contribution >= 0.6 is 0 Å². The molecule has 1 amide bonds. The normalized spacial score (nSPS) is 18.1. The molecule has 1 aliphatic carbocycles. The Morgan fingerprint density at radius 2 is 2.09 bits per heavy atom. The first kappa shape index (κ1) is 13.4. The predicted octanol–water partition coefficient (Wildman–Crippen LogP) is 1.96. The van der Waals surface area contributed by atoms with E-state index in [1.54, 1.807) is 7.11 Å². The van der Waals surface area contributed by atoms with Crippen molar-refractivity contribution in [3.8, 4) is 5.75 Å². The fraction of sp³-hybridized carbons (Fsp3) is 0.412. The van der Waals surface area contributed by atoms with Gasteiger partial charge in [-0.1, -0.05) is 0 Å². The molecule has 5 nitrogen and oxygen atoms in total. The van der Waals surface area contributed by atoms with Gasteiger partial charge in [0, 0.05) is 24.5 Å². The van der Waals surface area contributed by atoms with Crippen molar-refractivity contribution >= 4 is 22.6 Å². The number of benzene rings is 1. The minimum atomic E-state index is 0.106. The van der Waals surface area contributed by atoms with E-state index in [0.717, 1.165) is 48.4 Å². The van der Waals surface area contributed by atoms with Gasteiger partial charge >= 0.3 is 0 Å². The quantitative estimate of drug-likeness (QED) is 0.937. The van der Waals surface area contributed by atoms with Gasteiger partial charge in [0.2, 0.25) is 5.91 Å². The fourth-order valence-electron chi connectivity index (χ4n) is 2.77. The monoisotopic (exact) mass is 297 g/mol. The third-order valence-corrected chi connectivity index (χ3v) is 4.38. The van der Waals surface area contributed by atoms with Crippen LogP contribution in [0.25, 0.3) is 10.9 Å². The van der Waals surface area contributed by atoms with Gasteiger partial charge in [0.1, 0.15) is 11.6 Å². The van der Waals surface area contributed by atoms with Crippen molar-refractivity contribution in [2.75, 3.05) is 25.1 Å². The smallest absolute Gasteiger partial charge is 0.226 e. The van der Waals surface area contributed by atoms with E-state index in [0.29, 0.717) is 6.04 Å². The summed E-state index contributed by atoms with van der Waals surface area (Å²) in [5.41, 5.74) is 0.948. The predicted molar refractivity (Wildman–Crippen MR) is 85.2 cm³/mol. The van der Waals surface area contributed by atoms with Crippen molar-refractivity contribution in [2.45, 2.75) is 18.9 Å². The van der Waals surface area contributed by atoms with E-state index in [4.69, 9.17) is 4.74 Å². The van der Waals surface area contributed by atoms with Gasteiger partial charge in [-0.05, 0) is 43.2 Å². The molecule has 1 aromatic carbocycles. The Morgan fingerprint density at radius 3 is 2.82 bits per heavy atom. The molecule has 2 aromatic rings. The van der Waals surface area contributed by atoms with Gasteiger partial charge < -0.3 is 15.0 Å². The fourth-order valence-corrected chi connectivity index (χ4v) is 2.77. The number of rotatable bonds is 4. The maximum atomic E-state index is 12.0. The third kappa shape index (κ3) is 2.47. The summed E-state index contributed by atoms with van der Waals surface area (Å²) >= 11 is 0.